The number of nitrogens with one attached hydrogen (secondary N) is 2. The highest BCUT2D eigenvalue weighted by molar-refractivity contribution is 8.14. The molecule has 0 saturated carbocycles. The largest absolute Gasteiger partial charge is 0.452 e. The summed E-state index contributed by atoms with van der Waals surface area (Å²) in [4.78, 5) is 48.3. The number of ether oxygens (including phenoxy) is 1. The molecule has 164 valence electrons. The van der Waals surface area contributed by atoms with Gasteiger partial charge in [0.15, 0.2) is 6.61 Å². The summed E-state index contributed by atoms with van der Waals surface area (Å²) >= 11 is 1.92. The summed E-state index contributed by atoms with van der Waals surface area (Å²) in [5.74, 6) is -1.75. The van der Waals surface area contributed by atoms with E-state index in [4.69, 9.17) is 4.74 Å². The van der Waals surface area contributed by atoms with Crippen molar-refractivity contribution < 1.29 is 32.3 Å². The van der Waals surface area contributed by atoms with Gasteiger partial charge in [0, 0.05) is 13.1 Å². The van der Waals surface area contributed by atoms with E-state index in [1.807, 2.05) is 0 Å². The summed E-state index contributed by atoms with van der Waals surface area (Å²) in [6, 6.07) is 8.88. The molecule has 1 aromatic heterocycles. The zero-order valence-electron chi connectivity index (χ0n) is 15.9. The van der Waals surface area contributed by atoms with E-state index in [0.29, 0.717) is 0 Å². The van der Waals surface area contributed by atoms with Crippen LogP contribution < -0.4 is 10.0 Å². The van der Waals surface area contributed by atoms with Crippen molar-refractivity contribution >= 4 is 61.8 Å². The fraction of sp³-hybridized carbons (Fsp3) is 0.222. The number of thiophene rings is 1. The van der Waals surface area contributed by atoms with E-state index in [1.54, 1.807) is 17.5 Å². The quantitative estimate of drug-likeness (QED) is 0.512. The number of rotatable bonds is 9. The molecule has 1 fully saturated rings. The maximum absolute atomic E-state index is 12.4. The topological polar surface area (TPSA) is 139 Å². The first-order chi connectivity index (χ1) is 14.8. The first-order valence-electron chi connectivity index (χ1n) is 8.84. The van der Waals surface area contributed by atoms with E-state index in [-0.39, 0.29) is 45.4 Å². The number of imide groups is 1. The van der Waals surface area contributed by atoms with Gasteiger partial charge < -0.3 is 10.1 Å². The fourth-order valence-electron chi connectivity index (χ4n) is 2.53. The van der Waals surface area contributed by atoms with Crippen LogP contribution in [0.1, 0.15) is 10.4 Å². The molecule has 1 aliphatic heterocycles. The molecule has 3 rings (SSSR count). The third-order valence-electron chi connectivity index (χ3n) is 3.98. The summed E-state index contributed by atoms with van der Waals surface area (Å²) in [5, 5.41) is 3.69. The summed E-state index contributed by atoms with van der Waals surface area (Å²) in [6.45, 7) is -0.565. The van der Waals surface area contributed by atoms with Crippen LogP contribution in [-0.2, 0) is 24.3 Å². The summed E-state index contributed by atoms with van der Waals surface area (Å²) < 4.78 is 32.2. The van der Waals surface area contributed by atoms with Gasteiger partial charge in [0.25, 0.3) is 21.2 Å². The number of amides is 3. The van der Waals surface area contributed by atoms with E-state index in [9.17, 15) is 27.6 Å². The number of hydrogen-bond acceptors (Lipinski definition) is 9. The summed E-state index contributed by atoms with van der Waals surface area (Å²) in [6.07, 6.45) is 0. The van der Waals surface area contributed by atoms with E-state index < -0.39 is 28.5 Å². The number of carbonyl (C=O) groups excluding carboxylic acids is 4. The first kappa shape index (κ1) is 22.8. The second-order valence-electron chi connectivity index (χ2n) is 6.11. The number of hydrogen-bond donors (Lipinski definition) is 2. The molecule has 0 spiro atoms. The Labute approximate surface area is 186 Å². The smallest absolute Gasteiger partial charge is 0.340 e. The number of thioether (sulfide) groups is 1. The van der Waals surface area contributed by atoms with Crippen molar-refractivity contribution in [1.29, 1.82) is 0 Å². The van der Waals surface area contributed by atoms with Crippen LogP contribution in [0.15, 0.2) is 46.0 Å². The number of benzene rings is 1. The van der Waals surface area contributed by atoms with Crippen molar-refractivity contribution in [3.63, 3.8) is 0 Å². The molecule has 1 saturated heterocycles. The van der Waals surface area contributed by atoms with E-state index in [0.717, 1.165) is 28.0 Å². The Bertz CT molecular complexity index is 1080. The van der Waals surface area contributed by atoms with Crippen LogP contribution in [0.3, 0.4) is 0 Å². The molecule has 2 heterocycles. The normalized spacial score (nSPS) is 13.9. The average Bonchev–Trinajstić information content (AvgIpc) is 3.38. The third-order valence-corrected chi connectivity index (χ3v) is 7.61. The van der Waals surface area contributed by atoms with Crippen LogP contribution >= 0.6 is 23.1 Å². The molecule has 1 aromatic carbocycles. The molecule has 1 aliphatic rings. The van der Waals surface area contributed by atoms with Crippen LogP contribution in [0, 0.1) is 0 Å². The standard InChI is InChI=1S/C18H17N3O7S3/c22-14(19-7-8-21-15(23)11-30-18(21)25)10-28-17(24)12-4-1-2-5-13(12)20-31(26,27)16-6-3-9-29-16/h1-6,9,20H,7-8,10-11H2,(H,19,22). The van der Waals surface area contributed by atoms with Crippen LogP contribution in [0.5, 0.6) is 0 Å². The van der Waals surface area contributed by atoms with Crippen molar-refractivity contribution in [2.45, 2.75) is 4.21 Å². The molecule has 0 atom stereocenters. The minimum atomic E-state index is -3.87. The van der Waals surface area contributed by atoms with Gasteiger partial charge in [-0.05, 0) is 23.6 Å². The SMILES string of the molecule is O=C(COC(=O)c1ccccc1NS(=O)(=O)c1cccs1)NCCN1C(=O)CSC1=O. The van der Waals surface area contributed by atoms with Gasteiger partial charge in [0.1, 0.15) is 4.21 Å². The molecule has 13 heteroatoms. The van der Waals surface area contributed by atoms with E-state index in [2.05, 4.69) is 10.0 Å². The van der Waals surface area contributed by atoms with E-state index in [1.165, 1.54) is 24.3 Å². The molecule has 0 aliphatic carbocycles. The molecule has 2 N–H and O–H groups in total. The monoisotopic (exact) mass is 483 g/mol. The zero-order valence-corrected chi connectivity index (χ0v) is 18.3. The predicted octanol–water partition coefficient (Wildman–Crippen LogP) is 1.52. The maximum atomic E-state index is 12.4. The average molecular weight is 484 g/mol. The molecular weight excluding hydrogens is 466 g/mol. The van der Waals surface area contributed by atoms with Crippen LogP contribution in [0.25, 0.3) is 0 Å². The summed E-state index contributed by atoms with van der Waals surface area (Å²) in [7, 11) is -3.87. The molecule has 0 radical (unpaired) electrons. The highest BCUT2D eigenvalue weighted by atomic mass is 32.2. The highest BCUT2D eigenvalue weighted by Gasteiger charge is 2.29. The second-order valence-corrected chi connectivity index (χ2v) is 9.89. The van der Waals surface area contributed by atoms with Gasteiger partial charge in [-0.25, -0.2) is 13.2 Å². The Kier molecular flexibility index (Phi) is 7.30. The van der Waals surface area contributed by atoms with Crippen LogP contribution in [0.2, 0.25) is 0 Å². The molecular formula is C18H17N3O7S3. The molecule has 10 nitrogen and oxygen atoms in total. The zero-order chi connectivity index (χ0) is 22.4. The molecule has 0 unspecified atom stereocenters. The minimum absolute atomic E-state index is 0.0184. The van der Waals surface area contributed by atoms with Gasteiger partial charge in [0.2, 0.25) is 5.91 Å². The maximum Gasteiger partial charge on any atom is 0.340 e. The molecule has 3 amide bonds. The highest BCUT2D eigenvalue weighted by Crippen LogP contribution is 2.23. The lowest BCUT2D eigenvalue weighted by molar-refractivity contribution is -0.126. The first-order valence-corrected chi connectivity index (χ1v) is 12.2. The lowest BCUT2D eigenvalue weighted by Crippen LogP contribution is -2.38. The molecule has 0 bridgehead atoms. The summed E-state index contributed by atoms with van der Waals surface area (Å²) in [5.41, 5.74) is -0.0365. The molecule has 2 aromatic rings. The van der Waals surface area contributed by atoms with Crippen molar-refractivity contribution in [2.75, 3.05) is 30.2 Å². The van der Waals surface area contributed by atoms with Gasteiger partial charge in [-0.15, -0.1) is 11.3 Å². The number of nitrogens with zero attached hydrogens (tertiary/aromatic N) is 1. The van der Waals surface area contributed by atoms with Gasteiger partial charge in [-0.3, -0.25) is 24.0 Å². The fourth-order valence-corrected chi connectivity index (χ4v) is 5.35. The lowest BCUT2D eigenvalue weighted by atomic mass is 10.2. The van der Waals surface area contributed by atoms with Crippen molar-refractivity contribution in [1.82, 2.24) is 10.2 Å². The Balaban J connectivity index is 1.53. The van der Waals surface area contributed by atoms with Gasteiger partial charge >= 0.3 is 5.97 Å². The Morgan fingerprint density at radius 3 is 2.58 bits per heavy atom. The van der Waals surface area contributed by atoms with Crippen LogP contribution in [0.4, 0.5) is 10.5 Å². The number of para-hydroxylation sites is 1. The number of sulfonamides is 1. The number of carbonyl (C=O) groups is 4. The van der Waals surface area contributed by atoms with Crippen molar-refractivity contribution in [3.8, 4) is 0 Å². The van der Waals surface area contributed by atoms with Crippen molar-refractivity contribution in [3.05, 3.63) is 47.3 Å². The Morgan fingerprint density at radius 1 is 1.13 bits per heavy atom. The van der Waals surface area contributed by atoms with Gasteiger partial charge in [0.05, 0.1) is 17.0 Å². The Hall–Kier alpha value is -2.90. The lowest BCUT2D eigenvalue weighted by Gasteiger charge is -2.13. The number of esters is 1. The van der Waals surface area contributed by atoms with Crippen LogP contribution in [-0.4, -0.2) is 61.8 Å². The second kappa shape index (κ2) is 9.94. The van der Waals surface area contributed by atoms with Gasteiger partial charge in [-0.2, -0.15) is 0 Å². The van der Waals surface area contributed by atoms with E-state index >= 15 is 0 Å². The molecule has 31 heavy (non-hydrogen) atoms. The number of anilines is 1. The van der Waals surface area contributed by atoms with Crippen molar-refractivity contribution in [2.24, 2.45) is 0 Å². The minimum Gasteiger partial charge on any atom is -0.452 e. The third kappa shape index (κ3) is 5.83. The van der Waals surface area contributed by atoms with Gasteiger partial charge in [-0.1, -0.05) is 30.0 Å². The predicted molar refractivity (Wildman–Crippen MR) is 114 cm³/mol. The Morgan fingerprint density at radius 2 is 1.90 bits per heavy atom.